The van der Waals surface area contributed by atoms with Gasteiger partial charge in [0.25, 0.3) is 5.91 Å². The molecular formula is C27H29N3O. The number of aryl methyl sites for hydroxylation is 2. The van der Waals surface area contributed by atoms with E-state index in [1.165, 1.54) is 36.0 Å². The third-order valence-corrected chi connectivity index (χ3v) is 6.82. The Balaban J connectivity index is 1.35. The minimum atomic E-state index is 0.227. The fraction of sp³-hybridized carbons (Fsp3) is 0.370. The minimum Gasteiger partial charge on any atom is -0.331 e. The zero-order valence-corrected chi connectivity index (χ0v) is 18.4. The van der Waals surface area contributed by atoms with E-state index < -0.39 is 0 Å². The maximum Gasteiger partial charge on any atom is 0.254 e. The lowest BCUT2D eigenvalue weighted by molar-refractivity contribution is 0.0660. The molecule has 1 fully saturated rings. The highest BCUT2D eigenvalue weighted by Gasteiger charge is 2.33. The number of carbonyl (C=O) groups excluding carboxylic acids is 1. The van der Waals surface area contributed by atoms with Gasteiger partial charge in [0, 0.05) is 41.8 Å². The number of aromatic nitrogens is 2. The summed E-state index contributed by atoms with van der Waals surface area (Å²) in [4.78, 5) is 24.2. The molecule has 1 amide bonds. The number of amides is 1. The van der Waals surface area contributed by atoms with E-state index in [-0.39, 0.29) is 5.91 Å². The Kier molecular flexibility index (Phi) is 5.31. The van der Waals surface area contributed by atoms with Crippen molar-refractivity contribution in [1.29, 1.82) is 0 Å². The van der Waals surface area contributed by atoms with Gasteiger partial charge < -0.3 is 4.90 Å². The summed E-state index contributed by atoms with van der Waals surface area (Å²) >= 11 is 0. The van der Waals surface area contributed by atoms with Crippen LogP contribution in [0.4, 0.5) is 0 Å². The summed E-state index contributed by atoms with van der Waals surface area (Å²) in [6.45, 7) is 4.93. The molecule has 1 aromatic carbocycles. The van der Waals surface area contributed by atoms with Crippen LogP contribution in [0.3, 0.4) is 0 Å². The summed E-state index contributed by atoms with van der Waals surface area (Å²) in [6.07, 6.45) is 10.7. The number of pyridine rings is 2. The van der Waals surface area contributed by atoms with Crippen LogP contribution in [0.2, 0.25) is 0 Å². The Hall–Kier alpha value is -3.01. The highest BCUT2D eigenvalue weighted by molar-refractivity contribution is 5.99. The summed E-state index contributed by atoms with van der Waals surface area (Å²) in [6, 6.07) is 13.0. The fourth-order valence-corrected chi connectivity index (χ4v) is 5.06. The molecule has 3 heterocycles. The van der Waals surface area contributed by atoms with Crippen LogP contribution in [0.1, 0.15) is 70.4 Å². The van der Waals surface area contributed by atoms with Gasteiger partial charge in [-0.15, -0.1) is 0 Å². The molecule has 1 aliphatic heterocycles. The van der Waals surface area contributed by atoms with Crippen LogP contribution in [-0.2, 0) is 13.0 Å². The SMILES string of the molecule is Cc1cc(-c2ccc(Cc3cc4c(cc3C)CN(C3CCCCC3)C4=O)cn2)ccn1. The van der Waals surface area contributed by atoms with Gasteiger partial charge in [-0.2, -0.15) is 0 Å². The van der Waals surface area contributed by atoms with Crippen LogP contribution in [0.15, 0.2) is 48.8 Å². The van der Waals surface area contributed by atoms with E-state index in [4.69, 9.17) is 0 Å². The quantitative estimate of drug-likeness (QED) is 0.558. The highest BCUT2D eigenvalue weighted by Crippen LogP contribution is 2.33. The topological polar surface area (TPSA) is 46.1 Å². The molecule has 31 heavy (non-hydrogen) atoms. The summed E-state index contributed by atoms with van der Waals surface area (Å²) in [5.41, 5.74) is 8.76. The molecule has 1 aliphatic carbocycles. The molecule has 5 rings (SSSR count). The third kappa shape index (κ3) is 3.99. The van der Waals surface area contributed by atoms with Crippen molar-refractivity contribution in [1.82, 2.24) is 14.9 Å². The molecule has 158 valence electrons. The first-order valence-corrected chi connectivity index (χ1v) is 11.4. The van der Waals surface area contributed by atoms with E-state index in [9.17, 15) is 4.79 Å². The third-order valence-electron chi connectivity index (χ3n) is 6.82. The van der Waals surface area contributed by atoms with E-state index in [0.29, 0.717) is 6.04 Å². The number of fused-ring (bicyclic) bond motifs is 1. The molecule has 2 aliphatic rings. The van der Waals surface area contributed by atoms with E-state index in [2.05, 4.69) is 52.1 Å². The van der Waals surface area contributed by atoms with Crippen molar-refractivity contribution < 1.29 is 4.79 Å². The van der Waals surface area contributed by atoms with E-state index in [1.54, 1.807) is 0 Å². The van der Waals surface area contributed by atoms with Crippen molar-refractivity contribution in [2.45, 2.75) is 65.0 Å². The molecule has 4 nitrogen and oxygen atoms in total. The lowest BCUT2D eigenvalue weighted by atomic mass is 9.94. The van der Waals surface area contributed by atoms with Crippen molar-refractivity contribution in [2.75, 3.05) is 0 Å². The lowest BCUT2D eigenvalue weighted by Crippen LogP contribution is -2.36. The summed E-state index contributed by atoms with van der Waals surface area (Å²) in [7, 11) is 0. The fourth-order valence-electron chi connectivity index (χ4n) is 5.06. The van der Waals surface area contributed by atoms with Crippen molar-refractivity contribution in [3.8, 4) is 11.3 Å². The van der Waals surface area contributed by atoms with Gasteiger partial charge in [-0.1, -0.05) is 31.4 Å². The van der Waals surface area contributed by atoms with Gasteiger partial charge in [0.1, 0.15) is 0 Å². The predicted octanol–water partition coefficient (Wildman–Crippen LogP) is 5.64. The summed E-state index contributed by atoms with van der Waals surface area (Å²) < 4.78 is 0. The standard InChI is InChI=1S/C27H29N3O/c1-18-12-23-17-30(24-6-4-3-5-7-24)27(31)25(23)15-22(18)14-20-8-9-26(29-16-20)21-10-11-28-19(2)13-21/h8-13,15-16,24H,3-7,14,17H2,1-2H3. The van der Waals surface area contributed by atoms with Gasteiger partial charge in [-0.3, -0.25) is 14.8 Å². The molecule has 2 aromatic heterocycles. The molecule has 0 saturated heterocycles. The van der Waals surface area contributed by atoms with Crippen molar-refractivity contribution in [3.05, 3.63) is 82.3 Å². The van der Waals surface area contributed by atoms with Gasteiger partial charge in [0.2, 0.25) is 0 Å². The molecule has 0 atom stereocenters. The Morgan fingerprint density at radius 1 is 1.00 bits per heavy atom. The highest BCUT2D eigenvalue weighted by atomic mass is 16.2. The van der Waals surface area contributed by atoms with Crippen molar-refractivity contribution in [3.63, 3.8) is 0 Å². The monoisotopic (exact) mass is 411 g/mol. The Morgan fingerprint density at radius 2 is 1.84 bits per heavy atom. The van der Waals surface area contributed by atoms with Crippen LogP contribution in [0.5, 0.6) is 0 Å². The van der Waals surface area contributed by atoms with E-state index in [0.717, 1.165) is 53.9 Å². The molecular weight excluding hydrogens is 382 g/mol. The molecule has 3 aromatic rings. The molecule has 1 saturated carbocycles. The average molecular weight is 412 g/mol. The predicted molar refractivity (Wildman–Crippen MR) is 123 cm³/mol. The second kappa shape index (κ2) is 8.26. The zero-order chi connectivity index (χ0) is 21.4. The Bertz CT molecular complexity index is 1110. The van der Waals surface area contributed by atoms with Gasteiger partial charge in [-0.25, -0.2) is 0 Å². The van der Waals surface area contributed by atoms with Crippen LogP contribution in [-0.4, -0.2) is 26.8 Å². The first kappa shape index (κ1) is 19.9. The number of hydrogen-bond donors (Lipinski definition) is 0. The van der Waals surface area contributed by atoms with Crippen molar-refractivity contribution >= 4 is 5.91 Å². The van der Waals surface area contributed by atoms with Gasteiger partial charge >= 0.3 is 0 Å². The molecule has 0 N–H and O–H groups in total. The second-order valence-electron chi connectivity index (χ2n) is 9.08. The molecule has 0 unspecified atom stereocenters. The lowest BCUT2D eigenvalue weighted by Gasteiger charge is -2.30. The van der Waals surface area contributed by atoms with Crippen LogP contribution >= 0.6 is 0 Å². The van der Waals surface area contributed by atoms with E-state index >= 15 is 0 Å². The minimum absolute atomic E-state index is 0.227. The number of carbonyl (C=O) groups is 1. The average Bonchev–Trinajstić information content (AvgIpc) is 3.10. The number of rotatable bonds is 4. The molecule has 0 spiro atoms. The van der Waals surface area contributed by atoms with Crippen LogP contribution in [0, 0.1) is 13.8 Å². The second-order valence-corrected chi connectivity index (χ2v) is 9.08. The normalized spacial score (nSPS) is 16.6. The van der Waals surface area contributed by atoms with Crippen molar-refractivity contribution in [2.24, 2.45) is 0 Å². The Morgan fingerprint density at radius 3 is 2.58 bits per heavy atom. The number of nitrogens with zero attached hydrogens (tertiary/aromatic N) is 3. The largest absolute Gasteiger partial charge is 0.331 e. The number of hydrogen-bond acceptors (Lipinski definition) is 3. The first-order valence-electron chi connectivity index (χ1n) is 11.4. The zero-order valence-electron chi connectivity index (χ0n) is 18.4. The maximum absolute atomic E-state index is 13.1. The van der Waals surface area contributed by atoms with Gasteiger partial charge in [-0.05, 0) is 79.6 Å². The van der Waals surface area contributed by atoms with Crippen LogP contribution in [0.25, 0.3) is 11.3 Å². The Labute approximate surface area is 184 Å². The smallest absolute Gasteiger partial charge is 0.254 e. The van der Waals surface area contributed by atoms with E-state index in [1.807, 2.05) is 25.4 Å². The summed E-state index contributed by atoms with van der Waals surface area (Å²) in [5.74, 6) is 0.227. The number of benzene rings is 1. The van der Waals surface area contributed by atoms with Gasteiger partial charge in [0.05, 0.1) is 5.69 Å². The molecule has 0 bridgehead atoms. The molecule has 0 radical (unpaired) electrons. The maximum atomic E-state index is 13.1. The summed E-state index contributed by atoms with van der Waals surface area (Å²) in [5, 5.41) is 0. The molecule has 4 heteroatoms. The van der Waals surface area contributed by atoms with Gasteiger partial charge in [0.15, 0.2) is 0 Å². The van der Waals surface area contributed by atoms with Crippen LogP contribution < -0.4 is 0 Å². The first-order chi connectivity index (χ1) is 15.1.